The summed E-state index contributed by atoms with van der Waals surface area (Å²) in [5, 5.41) is 14.9. The molecule has 730 valence electrons. The molecule has 0 N–H and O–H groups in total. The Morgan fingerprint density at radius 1 is 0.142 bits per heavy atom. The van der Waals surface area contributed by atoms with Gasteiger partial charge in [-0.05, 0) is 474 Å². The molecule has 0 aliphatic heterocycles. The Morgan fingerprint density at radius 2 is 0.246 bits per heavy atom. The number of rotatable bonds is 40. The number of fused-ring (bicyclic) bond motifs is 8. The maximum absolute atomic E-state index is 3.14. The normalized spacial score (nSPS) is 21.9. The van der Waals surface area contributed by atoms with Gasteiger partial charge in [0.15, 0.2) is 0 Å². The second-order valence-electron chi connectivity index (χ2n) is 47.4. The molecule has 0 saturated heterocycles. The zero-order valence-electron chi connectivity index (χ0n) is 92.7. The quantitative estimate of drug-likeness (QED) is 0.0336. The first kappa shape index (κ1) is 104. The molecule has 0 heterocycles. The second kappa shape index (κ2) is 38.3. The lowest BCUT2D eigenvalue weighted by Crippen LogP contribution is -2.59. The summed E-state index contributed by atoms with van der Waals surface area (Å²) in [7, 11) is -7.83. The maximum atomic E-state index is 3.14. The molecule has 0 bridgehead atoms. The van der Waals surface area contributed by atoms with Crippen LogP contribution in [0.4, 0.5) is 0 Å². The highest BCUT2D eigenvalue weighted by Gasteiger charge is 2.65. The fraction of sp³-hybridized carbons (Fsp3) is 0.677. The molecule has 8 aliphatic rings. The third-order valence-corrected chi connectivity index (χ3v) is 64.4. The van der Waals surface area contributed by atoms with Gasteiger partial charge in [-0.2, -0.15) is 0 Å². The highest BCUT2D eigenvalue weighted by atomic mass is 28.9. The molecule has 7 aromatic carbocycles. The standard InChI is InChI=1S/C130H194Si4/c1-33-115(34-2)83-123(49-17,50-18)103-95(115)79-96-104(124(51-19,52-20)84-116(96,35-3)36-4)111(103)131(91-71-67-65-68-72-91)133(113-107-99(119(41-9,42-10)87-127(107,57-25)58-26)81-100-108(113)128(59-27,60-28)88-120(100,43-11)44-12)93-75-77-94(78-76-93)134(114-109-101(121(45-13,46-14)89-129(109,61-29)62-30)82-102-110(114)130(63-31,64-32)90-122(102,47-15)48-16)132(92-73-69-66-70-74-92)112-105-97(117(37-5,38-6)85-125(105,53-21)54-22)80-98-106(112)126(55-23,56-24)86-118(98,39-7)40-8/h65-82H,33-64,83-90H2,1-32H3/b133-131+,134-132+. The molecule has 15 rings (SSSR count). The Balaban J connectivity index is 1.32. The van der Waals surface area contributed by atoms with Crippen molar-refractivity contribution < 1.29 is 0 Å². The van der Waals surface area contributed by atoms with Crippen LogP contribution in [0.5, 0.6) is 0 Å². The van der Waals surface area contributed by atoms with Crippen LogP contribution in [0.1, 0.15) is 567 Å². The molecule has 4 heteroatoms. The van der Waals surface area contributed by atoms with Gasteiger partial charge < -0.3 is 0 Å². The lowest BCUT2D eigenvalue weighted by Gasteiger charge is -2.39. The molecule has 0 saturated carbocycles. The summed E-state index contributed by atoms with van der Waals surface area (Å²) in [5.74, 6) is 0. The van der Waals surface area contributed by atoms with Crippen molar-refractivity contribution >= 4 is 73.1 Å². The molecule has 8 aliphatic carbocycles. The highest BCUT2D eigenvalue weighted by Crippen LogP contribution is 2.69. The van der Waals surface area contributed by atoms with Gasteiger partial charge in [0.05, 0.1) is 31.6 Å². The third kappa shape index (κ3) is 14.0. The second-order valence-corrected chi connectivity index (χ2v) is 60.7. The summed E-state index contributed by atoms with van der Waals surface area (Å²) in [6.07, 6.45) is 48.5. The minimum atomic E-state index is -1.99. The van der Waals surface area contributed by atoms with Crippen LogP contribution in [0, 0.1) is 0 Å². The zero-order chi connectivity index (χ0) is 97.2. The summed E-state index contributed by atoms with van der Waals surface area (Å²) in [6, 6.07) is 51.5. The van der Waals surface area contributed by atoms with Crippen molar-refractivity contribution in [1.29, 1.82) is 0 Å². The van der Waals surface area contributed by atoms with E-state index in [9.17, 15) is 0 Å². The van der Waals surface area contributed by atoms with E-state index in [1.54, 1.807) is 20.7 Å². The first-order valence-electron chi connectivity index (χ1n) is 58.1. The topological polar surface area (TPSA) is 0 Å². The molecule has 0 aromatic heterocycles. The fourth-order valence-electron chi connectivity index (χ4n) is 35.7. The summed E-state index contributed by atoms with van der Waals surface area (Å²) in [6.45, 7) is 85.8. The Kier molecular flexibility index (Phi) is 29.6. The molecule has 134 heavy (non-hydrogen) atoms. The van der Waals surface area contributed by atoms with Gasteiger partial charge in [-0.15, -0.1) is 0 Å². The van der Waals surface area contributed by atoms with E-state index in [2.05, 4.69) is 331 Å². The Bertz CT molecular complexity index is 4880. The predicted molar refractivity (Wildman–Crippen MR) is 598 cm³/mol. The third-order valence-electron chi connectivity index (χ3n) is 46.3. The molecule has 7 aromatic rings. The van der Waals surface area contributed by atoms with Crippen LogP contribution in [0.25, 0.3) is 0 Å². The van der Waals surface area contributed by atoms with Crippen molar-refractivity contribution in [2.24, 2.45) is 0 Å². The monoisotopic (exact) mass is 1870 g/mol. The van der Waals surface area contributed by atoms with Crippen molar-refractivity contribution in [1.82, 2.24) is 0 Å². The predicted octanol–water partition coefficient (Wildman–Crippen LogP) is 31.8. The molecule has 0 spiro atoms. The van der Waals surface area contributed by atoms with Gasteiger partial charge in [0.25, 0.3) is 0 Å². The van der Waals surface area contributed by atoms with Crippen molar-refractivity contribution in [3.05, 3.63) is 198 Å². The summed E-state index contributed by atoms with van der Waals surface area (Å²) in [4.78, 5) is 0. The molecule has 0 amide bonds. The minimum absolute atomic E-state index is 0.0235. The summed E-state index contributed by atoms with van der Waals surface area (Å²) < 4.78 is 0. The maximum Gasteiger partial charge on any atom is 0.0694 e. The summed E-state index contributed by atoms with van der Waals surface area (Å²) >= 11 is 0. The van der Waals surface area contributed by atoms with Crippen molar-refractivity contribution in [3.63, 3.8) is 0 Å². The molecule has 0 atom stereocenters. The van der Waals surface area contributed by atoms with E-state index in [1.165, 1.54) is 257 Å². The van der Waals surface area contributed by atoms with Crippen LogP contribution in [0.3, 0.4) is 0 Å². The highest BCUT2D eigenvalue weighted by molar-refractivity contribution is 7.20. The molecule has 0 fully saturated rings. The van der Waals surface area contributed by atoms with Gasteiger partial charge in [-0.3, -0.25) is 0 Å². The van der Waals surface area contributed by atoms with Crippen LogP contribution >= 0.6 is 0 Å². The van der Waals surface area contributed by atoms with E-state index in [-0.39, 0.29) is 86.6 Å². The summed E-state index contributed by atoms with van der Waals surface area (Å²) in [5.41, 5.74) is 30.9. The largest absolute Gasteiger partial charge is 0.0694 e. The van der Waals surface area contributed by atoms with Crippen LogP contribution < -0.4 is 41.5 Å². The van der Waals surface area contributed by atoms with Crippen molar-refractivity contribution in [2.75, 3.05) is 0 Å². The van der Waals surface area contributed by atoms with Crippen molar-refractivity contribution in [2.45, 2.75) is 565 Å². The van der Waals surface area contributed by atoms with E-state index >= 15 is 0 Å². The molecule has 0 radical (unpaired) electrons. The smallest absolute Gasteiger partial charge is 0.0645 e. The van der Waals surface area contributed by atoms with Crippen molar-refractivity contribution in [3.8, 4) is 0 Å². The Morgan fingerprint density at radius 3 is 0.351 bits per heavy atom. The fourth-order valence-corrected chi connectivity index (χ4v) is 57.7. The van der Waals surface area contributed by atoms with Crippen LogP contribution in [-0.2, 0) is 86.6 Å². The Labute approximate surface area is 830 Å². The first-order valence-corrected chi connectivity index (χ1v) is 66.1. The number of benzene rings is 7. The lowest BCUT2D eigenvalue weighted by atomic mass is 9.70. The number of hydrogen-bond acceptors (Lipinski definition) is 0. The molecular formula is C130H194Si4. The van der Waals surface area contributed by atoms with Gasteiger partial charge in [0.1, 0.15) is 0 Å². The zero-order valence-corrected chi connectivity index (χ0v) is 96.7. The number of hydrogen-bond donors (Lipinski definition) is 0. The van der Waals surface area contributed by atoms with Crippen LogP contribution in [0.2, 0.25) is 0 Å². The van der Waals surface area contributed by atoms with E-state index in [1.807, 2.05) is 110 Å². The molecular weight excluding hydrogens is 1670 g/mol. The average Bonchev–Trinajstić information content (AvgIpc) is 1.50. The van der Waals surface area contributed by atoms with Crippen LogP contribution in [-0.4, -0.2) is 31.6 Å². The van der Waals surface area contributed by atoms with Gasteiger partial charge in [-0.1, -0.05) is 331 Å². The van der Waals surface area contributed by atoms with Gasteiger partial charge in [0.2, 0.25) is 0 Å². The first-order chi connectivity index (χ1) is 64.4. The SMILES string of the molecule is CCC1(CC)CC(CC)(CC)c2c1cc1c(c2/[Si](c2ccccc2)=[Si](\c2ccc(/[Si](c3c4c(cc5c3C(CC)(CC)CC5(CC)CC)C(CC)(CC)CC4(CC)CC)=[Si](/c3ccccc3)c3c4c(cc5c3C(CC)(CC)CC5(CC)CC)C(CC)(CC)CC4(CC)CC)cc2)c2c3c(cc4c2C(CC)(CC)CC4(CC)CC)C(CC)(CC)CC3(CC)CC)C(CC)(CC)CC1(CC)CC. The van der Waals surface area contributed by atoms with E-state index in [4.69, 9.17) is 0 Å². The van der Waals surface area contributed by atoms with E-state index in [0.717, 1.165) is 0 Å². The lowest BCUT2D eigenvalue weighted by molar-refractivity contribution is 0.278. The van der Waals surface area contributed by atoms with Crippen LogP contribution in [0.15, 0.2) is 109 Å². The minimum Gasteiger partial charge on any atom is -0.0645 e. The average molecular weight is 1870 g/mol. The Hall–Kier alpha value is -4.59. The molecule has 0 unspecified atom stereocenters. The van der Waals surface area contributed by atoms with E-state index < -0.39 is 31.6 Å². The molecule has 0 nitrogen and oxygen atoms in total. The van der Waals surface area contributed by atoms with Gasteiger partial charge in [0, 0.05) is 0 Å². The van der Waals surface area contributed by atoms with E-state index in [0.29, 0.717) is 0 Å². The van der Waals surface area contributed by atoms with Gasteiger partial charge >= 0.3 is 0 Å². The van der Waals surface area contributed by atoms with Gasteiger partial charge in [-0.25, -0.2) is 0 Å².